The van der Waals surface area contributed by atoms with E-state index in [0.717, 1.165) is 31.5 Å². The number of carbonyl (C=O) groups is 1. The number of nitrogens with one attached hydrogen (secondary N) is 4. The smallest absolute Gasteiger partial charge is 0.251 e. The van der Waals surface area contributed by atoms with Crippen LogP contribution in [-0.2, 0) is 6.54 Å². The van der Waals surface area contributed by atoms with Crippen molar-refractivity contribution in [3.63, 3.8) is 0 Å². The van der Waals surface area contributed by atoms with E-state index >= 15 is 0 Å². The van der Waals surface area contributed by atoms with Crippen LogP contribution in [0.5, 0.6) is 0 Å². The number of benzene rings is 2. The zero-order valence-electron chi connectivity index (χ0n) is 17.4. The number of aromatic nitrogens is 2. The highest BCUT2D eigenvalue weighted by atomic mass is 35.5. The minimum absolute atomic E-state index is 0.102. The predicted octanol–water partition coefficient (Wildman–Crippen LogP) is 4.11. The number of rotatable bonds is 7. The van der Waals surface area contributed by atoms with Crippen LogP contribution in [0.25, 0.3) is 0 Å². The fourth-order valence-corrected chi connectivity index (χ4v) is 3.64. The Morgan fingerprint density at radius 3 is 2.78 bits per heavy atom. The van der Waals surface area contributed by atoms with Crippen molar-refractivity contribution < 1.29 is 9.18 Å². The van der Waals surface area contributed by atoms with Crippen molar-refractivity contribution in [2.24, 2.45) is 0 Å². The third-order valence-corrected chi connectivity index (χ3v) is 5.42. The van der Waals surface area contributed by atoms with Crippen molar-refractivity contribution in [2.75, 3.05) is 23.7 Å². The molecule has 4 N–H and O–H groups in total. The number of halogens is 2. The average Bonchev–Trinajstić information content (AvgIpc) is 2.80. The molecule has 2 aromatic carbocycles. The van der Waals surface area contributed by atoms with Gasteiger partial charge in [0.15, 0.2) is 5.82 Å². The first-order valence-corrected chi connectivity index (χ1v) is 10.8. The summed E-state index contributed by atoms with van der Waals surface area (Å²) in [6.45, 7) is 2.19. The fraction of sp³-hybridized carbons (Fsp3) is 0.261. The lowest BCUT2D eigenvalue weighted by molar-refractivity contribution is 0.0929. The molecule has 0 bridgehead atoms. The molecule has 1 aliphatic rings. The number of anilines is 3. The van der Waals surface area contributed by atoms with E-state index in [0.29, 0.717) is 34.6 Å². The van der Waals surface area contributed by atoms with E-state index in [9.17, 15) is 9.18 Å². The summed E-state index contributed by atoms with van der Waals surface area (Å²) in [5, 5.41) is 12.9. The van der Waals surface area contributed by atoms with E-state index in [4.69, 9.17) is 11.6 Å². The van der Waals surface area contributed by atoms with Gasteiger partial charge in [-0.25, -0.2) is 9.37 Å². The summed E-state index contributed by atoms with van der Waals surface area (Å²) in [7, 11) is 0. The molecule has 0 unspecified atom stereocenters. The largest absolute Gasteiger partial charge is 0.365 e. The molecule has 9 heteroatoms. The normalized spacial score (nSPS) is 14.1. The minimum atomic E-state index is -0.301. The van der Waals surface area contributed by atoms with Crippen LogP contribution in [0.4, 0.5) is 21.8 Å². The van der Waals surface area contributed by atoms with E-state index < -0.39 is 0 Å². The third-order valence-electron chi connectivity index (χ3n) is 5.15. The molecule has 1 saturated heterocycles. The number of carbonyl (C=O) groups excluding carboxylic acids is 1. The Labute approximate surface area is 190 Å². The van der Waals surface area contributed by atoms with E-state index in [2.05, 4.69) is 31.2 Å². The Balaban J connectivity index is 1.41. The van der Waals surface area contributed by atoms with Crippen LogP contribution >= 0.6 is 11.6 Å². The molecule has 1 aromatic heterocycles. The molecular weight excluding hydrogens is 431 g/mol. The second-order valence-electron chi connectivity index (χ2n) is 7.58. The molecule has 1 amide bonds. The van der Waals surface area contributed by atoms with Gasteiger partial charge < -0.3 is 21.3 Å². The van der Waals surface area contributed by atoms with Crippen molar-refractivity contribution in [1.82, 2.24) is 20.6 Å². The second-order valence-corrected chi connectivity index (χ2v) is 7.98. The van der Waals surface area contributed by atoms with Crippen molar-refractivity contribution in [1.29, 1.82) is 0 Å². The number of hydrogen-bond donors (Lipinski definition) is 4. The standard InChI is InChI=1S/C23H24ClFN6O/c24-20-14-28-23(31-21(20)27-13-15-3-1-5-17(25)11-15)30-19-6-2-4-16(12-19)22(32)29-18-7-9-26-10-8-18/h1-6,11-12,14,18,26H,7-10,13H2,(H,29,32)(H2,27,28,30,31). The highest BCUT2D eigenvalue weighted by molar-refractivity contribution is 6.32. The van der Waals surface area contributed by atoms with Crippen molar-refractivity contribution >= 4 is 35.0 Å². The Bertz CT molecular complexity index is 1090. The molecule has 0 aliphatic carbocycles. The van der Waals surface area contributed by atoms with E-state index in [1.807, 2.05) is 12.1 Å². The second kappa shape index (κ2) is 10.4. The van der Waals surface area contributed by atoms with Crippen LogP contribution in [0.3, 0.4) is 0 Å². The average molecular weight is 455 g/mol. The highest BCUT2D eigenvalue weighted by Gasteiger charge is 2.16. The molecule has 3 aromatic rings. The monoisotopic (exact) mass is 454 g/mol. The number of hydrogen-bond acceptors (Lipinski definition) is 6. The first-order chi connectivity index (χ1) is 15.6. The van der Waals surface area contributed by atoms with Crippen LogP contribution < -0.4 is 21.3 Å². The molecule has 0 spiro atoms. The van der Waals surface area contributed by atoms with Gasteiger partial charge in [-0.1, -0.05) is 29.8 Å². The van der Waals surface area contributed by atoms with Gasteiger partial charge in [-0.2, -0.15) is 4.98 Å². The first-order valence-electron chi connectivity index (χ1n) is 10.5. The van der Waals surface area contributed by atoms with Gasteiger partial charge in [0.05, 0.1) is 6.20 Å². The number of nitrogens with zero attached hydrogens (tertiary/aromatic N) is 2. The van der Waals surface area contributed by atoms with Crippen LogP contribution in [0, 0.1) is 5.82 Å². The molecule has 4 rings (SSSR count). The zero-order valence-corrected chi connectivity index (χ0v) is 18.1. The van der Waals surface area contributed by atoms with Gasteiger partial charge in [-0.3, -0.25) is 4.79 Å². The van der Waals surface area contributed by atoms with Gasteiger partial charge in [0.1, 0.15) is 10.8 Å². The molecule has 166 valence electrons. The summed E-state index contributed by atoms with van der Waals surface area (Å²) in [6, 6.07) is 13.7. The SMILES string of the molecule is O=C(NC1CCNCC1)c1cccc(Nc2ncc(Cl)c(NCc3cccc(F)c3)n2)c1. The third kappa shape index (κ3) is 5.93. The summed E-state index contributed by atoms with van der Waals surface area (Å²) in [6.07, 6.45) is 3.33. The lowest BCUT2D eigenvalue weighted by Crippen LogP contribution is -2.42. The maximum Gasteiger partial charge on any atom is 0.251 e. The molecule has 0 radical (unpaired) electrons. The molecule has 1 aliphatic heterocycles. The Hall–Kier alpha value is -3.23. The Morgan fingerprint density at radius 2 is 1.97 bits per heavy atom. The summed E-state index contributed by atoms with van der Waals surface area (Å²) < 4.78 is 13.4. The molecule has 2 heterocycles. The van der Waals surface area contributed by atoms with Crippen LogP contribution in [-0.4, -0.2) is 35.0 Å². The topological polar surface area (TPSA) is 91.0 Å². The van der Waals surface area contributed by atoms with Gasteiger partial charge in [0.25, 0.3) is 5.91 Å². The molecular formula is C23H24ClFN6O. The van der Waals surface area contributed by atoms with Crippen LogP contribution in [0.15, 0.2) is 54.7 Å². The van der Waals surface area contributed by atoms with E-state index in [1.165, 1.54) is 18.3 Å². The first kappa shape index (κ1) is 22.0. The van der Waals surface area contributed by atoms with E-state index in [1.54, 1.807) is 24.3 Å². The summed E-state index contributed by atoms with van der Waals surface area (Å²) in [5.41, 5.74) is 2.01. The van der Waals surface area contributed by atoms with Crippen molar-refractivity contribution in [3.8, 4) is 0 Å². The summed E-state index contributed by atoms with van der Waals surface area (Å²) >= 11 is 6.21. The summed E-state index contributed by atoms with van der Waals surface area (Å²) in [4.78, 5) is 21.2. The Morgan fingerprint density at radius 1 is 1.16 bits per heavy atom. The highest BCUT2D eigenvalue weighted by Crippen LogP contribution is 2.22. The zero-order chi connectivity index (χ0) is 22.3. The maximum atomic E-state index is 13.4. The minimum Gasteiger partial charge on any atom is -0.365 e. The number of amides is 1. The van der Waals surface area contributed by atoms with Crippen molar-refractivity contribution in [2.45, 2.75) is 25.4 Å². The molecule has 7 nitrogen and oxygen atoms in total. The fourth-order valence-electron chi connectivity index (χ4n) is 3.49. The Kier molecular flexibility index (Phi) is 7.14. The van der Waals surface area contributed by atoms with E-state index in [-0.39, 0.29) is 17.8 Å². The maximum absolute atomic E-state index is 13.4. The van der Waals surface area contributed by atoms with Gasteiger partial charge in [-0.05, 0) is 61.8 Å². The van der Waals surface area contributed by atoms with Gasteiger partial charge >= 0.3 is 0 Å². The molecule has 0 saturated carbocycles. The van der Waals surface area contributed by atoms with Crippen LogP contribution in [0.1, 0.15) is 28.8 Å². The van der Waals surface area contributed by atoms with Gasteiger partial charge in [-0.15, -0.1) is 0 Å². The van der Waals surface area contributed by atoms with Gasteiger partial charge in [0, 0.05) is 23.8 Å². The molecule has 0 atom stereocenters. The molecule has 1 fully saturated rings. The number of piperidine rings is 1. The van der Waals surface area contributed by atoms with Crippen molar-refractivity contribution in [3.05, 3.63) is 76.7 Å². The van der Waals surface area contributed by atoms with Gasteiger partial charge in [0.2, 0.25) is 5.95 Å². The predicted molar refractivity (Wildman–Crippen MR) is 124 cm³/mol. The van der Waals surface area contributed by atoms with Crippen LogP contribution in [0.2, 0.25) is 5.02 Å². The molecule has 32 heavy (non-hydrogen) atoms. The summed E-state index contributed by atoms with van der Waals surface area (Å²) in [5.74, 6) is 0.347. The lowest BCUT2D eigenvalue weighted by atomic mass is 10.1. The quantitative estimate of drug-likeness (QED) is 0.429. The lowest BCUT2D eigenvalue weighted by Gasteiger charge is -2.23.